The minimum absolute atomic E-state index is 0.0131. The van der Waals surface area contributed by atoms with Crippen LogP contribution < -0.4 is 15.4 Å². The van der Waals surface area contributed by atoms with Crippen LogP contribution >= 0.6 is 0 Å². The number of hydrogen-bond acceptors (Lipinski definition) is 6. The lowest BCUT2D eigenvalue weighted by Crippen LogP contribution is -2.54. The number of carboxylic acids is 1. The summed E-state index contributed by atoms with van der Waals surface area (Å²) in [5.74, 6) is -3.01. The minimum atomic E-state index is -1.48. The van der Waals surface area contributed by atoms with Gasteiger partial charge >= 0.3 is 11.9 Å². The fourth-order valence-corrected chi connectivity index (χ4v) is 2.79. The molecule has 0 aliphatic carbocycles. The second-order valence-electron chi connectivity index (χ2n) is 8.47. The Hall–Kier alpha value is -3.10. The van der Waals surface area contributed by atoms with Crippen molar-refractivity contribution in [2.75, 3.05) is 7.11 Å². The van der Waals surface area contributed by atoms with Gasteiger partial charge in [-0.1, -0.05) is 32.0 Å². The van der Waals surface area contributed by atoms with E-state index in [2.05, 4.69) is 10.6 Å². The van der Waals surface area contributed by atoms with Gasteiger partial charge in [0, 0.05) is 5.56 Å². The van der Waals surface area contributed by atoms with Gasteiger partial charge < -0.3 is 25.2 Å². The molecular weight excluding hydrogens is 404 g/mol. The monoisotopic (exact) mass is 436 g/mol. The summed E-state index contributed by atoms with van der Waals surface area (Å²) in [4.78, 5) is 48.7. The number of carbonyl (C=O) groups is 4. The molecule has 9 heteroatoms. The number of hydrogen-bond donors (Lipinski definition) is 3. The van der Waals surface area contributed by atoms with E-state index in [1.54, 1.807) is 58.9 Å². The third kappa shape index (κ3) is 9.06. The third-order valence-electron chi connectivity index (χ3n) is 4.21. The summed E-state index contributed by atoms with van der Waals surface area (Å²) in [6, 6.07) is 4.55. The molecule has 31 heavy (non-hydrogen) atoms. The highest BCUT2D eigenvalue weighted by Gasteiger charge is 2.31. The number of amides is 2. The van der Waals surface area contributed by atoms with E-state index in [0.29, 0.717) is 11.3 Å². The maximum absolute atomic E-state index is 12.7. The molecule has 1 aromatic carbocycles. The maximum atomic E-state index is 12.7. The number of carboxylic acid groups (broad SMARTS) is 1. The Balaban J connectivity index is 2.83. The highest BCUT2D eigenvalue weighted by atomic mass is 16.6. The van der Waals surface area contributed by atoms with Crippen LogP contribution in [0, 0.1) is 5.92 Å². The van der Waals surface area contributed by atoms with Gasteiger partial charge in [-0.15, -0.1) is 0 Å². The largest absolute Gasteiger partial charge is 0.496 e. The lowest BCUT2D eigenvalue weighted by atomic mass is 10.0. The quantitative estimate of drug-likeness (QED) is 0.476. The van der Waals surface area contributed by atoms with E-state index in [4.69, 9.17) is 9.47 Å². The maximum Gasteiger partial charge on any atom is 0.326 e. The van der Waals surface area contributed by atoms with Crippen LogP contribution in [0.1, 0.15) is 46.6 Å². The fraction of sp³-hybridized carbons (Fsp3) is 0.545. The summed E-state index contributed by atoms with van der Waals surface area (Å²) in [6.45, 7) is 8.41. The van der Waals surface area contributed by atoms with Crippen LogP contribution in [0.4, 0.5) is 0 Å². The van der Waals surface area contributed by atoms with Gasteiger partial charge in [0.1, 0.15) is 23.4 Å². The zero-order valence-electron chi connectivity index (χ0n) is 18.9. The van der Waals surface area contributed by atoms with Crippen LogP contribution in [0.5, 0.6) is 5.75 Å². The first-order valence-electron chi connectivity index (χ1n) is 10.00. The van der Waals surface area contributed by atoms with Gasteiger partial charge in [0.15, 0.2) is 0 Å². The molecule has 0 saturated heterocycles. The van der Waals surface area contributed by atoms with Gasteiger partial charge in [0.05, 0.1) is 20.0 Å². The standard InChI is InChI=1S/C22H32N2O7/c1-13(2)19(24-17(25)11-14-9-7-8-10-16(14)30-6)20(27)23-15(21(28)29)12-18(26)31-22(3,4)5/h7-10,13,15,19H,11-12H2,1-6H3,(H,23,27)(H,24,25)(H,28,29). The normalized spacial score (nSPS) is 13.1. The molecule has 2 amide bonds. The molecule has 0 spiro atoms. The molecule has 0 aromatic heterocycles. The van der Waals surface area contributed by atoms with E-state index >= 15 is 0 Å². The topological polar surface area (TPSA) is 131 Å². The Kier molecular flexibility index (Phi) is 9.48. The first-order chi connectivity index (χ1) is 14.3. The van der Waals surface area contributed by atoms with Crippen molar-refractivity contribution in [1.82, 2.24) is 10.6 Å². The predicted octanol–water partition coefficient (Wildman–Crippen LogP) is 1.68. The number of benzene rings is 1. The fourth-order valence-electron chi connectivity index (χ4n) is 2.79. The van der Waals surface area contributed by atoms with E-state index in [9.17, 15) is 24.3 Å². The number of esters is 1. The van der Waals surface area contributed by atoms with Crippen LogP contribution in [0.15, 0.2) is 24.3 Å². The van der Waals surface area contributed by atoms with Crippen molar-refractivity contribution in [2.24, 2.45) is 5.92 Å². The average Bonchev–Trinajstić information content (AvgIpc) is 2.64. The Morgan fingerprint density at radius 3 is 2.19 bits per heavy atom. The molecule has 1 rings (SSSR count). The summed E-state index contributed by atoms with van der Waals surface area (Å²) in [5, 5.41) is 14.4. The summed E-state index contributed by atoms with van der Waals surface area (Å²) in [7, 11) is 1.50. The summed E-state index contributed by atoms with van der Waals surface area (Å²) in [6.07, 6.45) is -0.543. The number of aliphatic carboxylic acids is 1. The zero-order valence-corrected chi connectivity index (χ0v) is 18.9. The number of para-hydroxylation sites is 1. The molecule has 0 aliphatic rings. The summed E-state index contributed by atoms with van der Waals surface area (Å²) in [5.41, 5.74) is -0.129. The molecule has 172 valence electrons. The molecule has 0 aliphatic heterocycles. The Bertz CT molecular complexity index is 799. The van der Waals surface area contributed by atoms with Crippen molar-refractivity contribution in [1.29, 1.82) is 0 Å². The van der Waals surface area contributed by atoms with E-state index in [-0.39, 0.29) is 12.3 Å². The number of methoxy groups -OCH3 is 1. The first-order valence-corrected chi connectivity index (χ1v) is 10.00. The van der Waals surface area contributed by atoms with Crippen LogP contribution in [0.2, 0.25) is 0 Å². The van der Waals surface area contributed by atoms with Gasteiger partial charge in [-0.25, -0.2) is 4.79 Å². The molecule has 0 heterocycles. The van der Waals surface area contributed by atoms with Crippen molar-refractivity contribution >= 4 is 23.8 Å². The number of carbonyl (C=O) groups excluding carboxylic acids is 3. The molecule has 0 fully saturated rings. The minimum Gasteiger partial charge on any atom is -0.496 e. The first kappa shape index (κ1) is 25.9. The Labute approximate surface area is 182 Å². The zero-order chi connectivity index (χ0) is 23.8. The SMILES string of the molecule is COc1ccccc1CC(=O)NC(C(=O)NC(CC(=O)OC(C)(C)C)C(=O)O)C(C)C. The second kappa shape index (κ2) is 11.3. The summed E-state index contributed by atoms with van der Waals surface area (Å²) < 4.78 is 10.4. The number of ether oxygens (including phenoxy) is 2. The smallest absolute Gasteiger partial charge is 0.326 e. The van der Waals surface area contributed by atoms with Crippen molar-refractivity contribution in [3.05, 3.63) is 29.8 Å². The van der Waals surface area contributed by atoms with Gasteiger partial charge in [-0.05, 0) is 32.8 Å². The van der Waals surface area contributed by atoms with Crippen LogP contribution in [0.3, 0.4) is 0 Å². The highest BCUT2D eigenvalue weighted by Crippen LogP contribution is 2.18. The van der Waals surface area contributed by atoms with Crippen LogP contribution in [-0.2, 0) is 30.3 Å². The van der Waals surface area contributed by atoms with Crippen molar-refractivity contribution < 1.29 is 33.8 Å². The molecule has 9 nitrogen and oxygen atoms in total. The molecule has 2 atom stereocenters. The number of rotatable bonds is 10. The van der Waals surface area contributed by atoms with Crippen LogP contribution in [0.25, 0.3) is 0 Å². The average molecular weight is 437 g/mol. The molecule has 2 unspecified atom stereocenters. The highest BCUT2D eigenvalue weighted by molar-refractivity contribution is 5.92. The number of nitrogens with one attached hydrogen (secondary N) is 2. The van der Waals surface area contributed by atoms with Crippen molar-refractivity contribution in [3.63, 3.8) is 0 Å². The van der Waals surface area contributed by atoms with E-state index in [0.717, 1.165) is 0 Å². The molecule has 1 aromatic rings. The van der Waals surface area contributed by atoms with Gasteiger partial charge in [-0.3, -0.25) is 14.4 Å². The molecule has 0 radical (unpaired) electrons. The molecule has 0 bridgehead atoms. The predicted molar refractivity (Wildman–Crippen MR) is 113 cm³/mol. The van der Waals surface area contributed by atoms with Gasteiger partial charge in [-0.2, -0.15) is 0 Å². The van der Waals surface area contributed by atoms with E-state index in [1.807, 2.05) is 0 Å². The molecular formula is C22H32N2O7. The summed E-state index contributed by atoms with van der Waals surface area (Å²) >= 11 is 0. The Morgan fingerprint density at radius 2 is 1.68 bits per heavy atom. The van der Waals surface area contributed by atoms with Gasteiger partial charge in [0.2, 0.25) is 11.8 Å². The second-order valence-corrected chi connectivity index (χ2v) is 8.47. The van der Waals surface area contributed by atoms with E-state index < -0.39 is 47.9 Å². The lowest BCUT2D eigenvalue weighted by molar-refractivity contribution is -0.158. The lowest BCUT2D eigenvalue weighted by Gasteiger charge is -2.25. The van der Waals surface area contributed by atoms with Crippen molar-refractivity contribution in [3.8, 4) is 5.75 Å². The molecule has 3 N–H and O–H groups in total. The third-order valence-corrected chi connectivity index (χ3v) is 4.21. The van der Waals surface area contributed by atoms with Crippen molar-refractivity contribution in [2.45, 2.75) is 65.1 Å². The van der Waals surface area contributed by atoms with E-state index in [1.165, 1.54) is 7.11 Å². The Morgan fingerprint density at radius 1 is 1.06 bits per heavy atom. The van der Waals surface area contributed by atoms with Gasteiger partial charge in [0.25, 0.3) is 0 Å². The molecule has 0 saturated carbocycles. The van der Waals surface area contributed by atoms with Crippen LogP contribution in [-0.4, -0.2) is 53.7 Å².